The highest BCUT2D eigenvalue weighted by Crippen LogP contribution is 2.40. The van der Waals surface area contributed by atoms with Gasteiger partial charge in [0.2, 0.25) is 0 Å². The molecule has 88 valence electrons. The van der Waals surface area contributed by atoms with E-state index in [1.807, 2.05) is 6.07 Å². The van der Waals surface area contributed by atoms with Gasteiger partial charge in [-0.3, -0.25) is 16.3 Å². The Bertz CT molecular complexity index is 546. The standard InChI is InChI=1S/C14H17N3/c1-9-8-13(14(17-15)10-6-7-10)16-12-5-3-2-4-11(9)12/h2-5,8,10,14,17H,6-7,15H2,1H3. The first-order valence-corrected chi connectivity index (χ1v) is 6.12. The molecule has 1 aliphatic carbocycles. The van der Waals surface area contributed by atoms with Gasteiger partial charge in [0.15, 0.2) is 0 Å². The minimum atomic E-state index is 0.207. The van der Waals surface area contributed by atoms with Crippen molar-refractivity contribution in [2.45, 2.75) is 25.8 Å². The highest BCUT2D eigenvalue weighted by Gasteiger charge is 2.32. The molecule has 3 rings (SSSR count). The third kappa shape index (κ3) is 1.92. The van der Waals surface area contributed by atoms with Crippen molar-refractivity contribution in [3.05, 3.63) is 41.6 Å². The van der Waals surface area contributed by atoms with Gasteiger partial charge in [-0.1, -0.05) is 18.2 Å². The van der Waals surface area contributed by atoms with Gasteiger partial charge >= 0.3 is 0 Å². The molecule has 1 aliphatic rings. The van der Waals surface area contributed by atoms with Crippen LogP contribution in [-0.4, -0.2) is 4.98 Å². The average molecular weight is 227 g/mol. The summed E-state index contributed by atoms with van der Waals surface area (Å²) in [5.74, 6) is 6.31. The molecule has 0 bridgehead atoms. The Balaban J connectivity index is 2.10. The van der Waals surface area contributed by atoms with Crippen LogP contribution in [0.15, 0.2) is 30.3 Å². The number of hydrogen-bond donors (Lipinski definition) is 2. The lowest BCUT2D eigenvalue weighted by Crippen LogP contribution is -2.30. The Kier molecular flexibility index (Phi) is 2.57. The summed E-state index contributed by atoms with van der Waals surface area (Å²) < 4.78 is 0. The summed E-state index contributed by atoms with van der Waals surface area (Å²) in [6.07, 6.45) is 2.50. The number of nitrogens with zero attached hydrogens (tertiary/aromatic N) is 1. The molecule has 0 aliphatic heterocycles. The van der Waals surface area contributed by atoms with Gasteiger partial charge in [0.1, 0.15) is 0 Å². The van der Waals surface area contributed by atoms with Crippen molar-refractivity contribution in [3.8, 4) is 0 Å². The number of pyridine rings is 1. The second-order valence-corrected chi connectivity index (χ2v) is 4.86. The van der Waals surface area contributed by atoms with E-state index in [-0.39, 0.29) is 6.04 Å². The molecule has 1 unspecified atom stereocenters. The lowest BCUT2D eigenvalue weighted by Gasteiger charge is -2.16. The van der Waals surface area contributed by atoms with E-state index in [2.05, 4.69) is 36.6 Å². The van der Waals surface area contributed by atoms with E-state index < -0.39 is 0 Å². The molecule has 3 nitrogen and oxygen atoms in total. The highest BCUT2D eigenvalue weighted by molar-refractivity contribution is 5.82. The van der Waals surface area contributed by atoms with Gasteiger partial charge in [-0.2, -0.15) is 0 Å². The molecule has 1 fully saturated rings. The normalized spacial score (nSPS) is 17.3. The van der Waals surface area contributed by atoms with Crippen molar-refractivity contribution in [2.24, 2.45) is 11.8 Å². The fourth-order valence-corrected chi connectivity index (χ4v) is 2.43. The molecule has 1 aromatic carbocycles. The largest absolute Gasteiger partial charge is 0.271 e. The topological polar surface area (TPSA) is 50.9 Å². The Morgan fingerprint density at radius 2 is 2.12 bits per heavy atom. The molecule has 1 heterocycles. The van der Waals surface area contributed by atoms with Crippen LogP contribution in [0.3, 0.4) is 0 Å². The van der Waals surface area contributed by atoms with Crippen molar-refractivity contribution in [1.29, 1.82) is 0 Å². The maximum Gasteiger partial charge on any atom is 0.0708 e. The molecule has 0 amide bonds. The third-order valence-corrected chi connectivity index (χ3v) is 3.53. The number of rotatable bonds is 3. The molecule has 3 heteroatoms. The quantitative estimate of drug-likeness (QED) is 0.625. The number of nitrogens with one attached hydrogen (secondary N) is 1. The lowest BCUT2D eigenvalue weighted by molar-refractivity contribution is 0.486. The molecular formula is C14H17N3. The van der Waals surface area contributed by atoms with Crippen LogP contribution in [0.4, 0.5) is 0 Å². The van der Waals surface area contributed by atoms with Gasteiger partial charge in [0.05, 0.1) is 17.3 Å². The molecule has 2 aromatic rings. The van der Waals surface area contributed by atoms with Crippen LogP contribution in [0, 0.1) is 12.8 Å². The summed E-state index contributed by atoms with van der Waals surface area (Å²) in [7, 11) is 0. The predicted octanol–water partition coefficient (Wildman–Crippen LogP) is 2.46. The number of aromatic nitrogens is 1. The van der Waals surface area contributed by atoms with Gasteiger partial charge in [0.25, 0.3) is 0 Å². The van der Waals surface area contributed by atoms with Crippen LogP contribution < -0.4 is 11.3 Å². The fourth-order valence-electron chi connectivity index (χ4n) is 2.43. The second kappa shape index (κ2) is 4.09. The number of nitrogens with two attached hydrogens (primary N) is 1. The average Bonchev–Trinajstić information content (AvgIpc) is 3.15. The summed E-state index contributed by atoms with van der Waals surface area (Å²) in [4.78, 5) is 4.73. The van der Waals surface area contributed by atoms with Gasteiger partial charge in [0, 0.05) is 5.39 Å². The number of para-hydroxylation sites is 1. The van der Waals surface area contributed by atoms with Crippen molar-refractivity contribution in [2.75, 3.05) is 0 Å². The van der Waals surface area contributed by atoms with Gasteiger partial charge < -0.3 is 0 Å². The van der Waals surface area contributed by atoms with Crippen LogP contribution >= 0.6 is 0 Å². The predicted molar refractivity (Wildman–Crippen MR) is 69.3 cm³/mol. The molecule has 1 aromatic heterocycles. The fraction of sp³-hybridized carbons (Fsp3) is 0.357. The smallest absolute Gasteiger partial charge is 0.0708 e. The molecule has 3 N–H and O–H groups in total. The number of hydrogen-bond acceptors (Lipinski definition) is 3. The molecule has 1 saturated carbocycles. The van der Waals surface area contributed by atoms with Crippen molar-refractivity contribution in [3.63, 3.8) is 0 Å². The monoisotopic (exact) mass is 227 g/mol. The van der Waals surface area contributed by atoms with Crippen LogP contribution in [0.5, 0.6) is 0 Å². The van der Waals surface area contributed by atoms with Gasteiger partial charge in [-0.25, -0.2) is 0 Å². The maximum atomic E-state index is 5.65. The zero-order valence-electron chi connectivity index (χ0n) is 9.98. The first-order chi connectivity index (χ1) is 8.29. The summed E-state index contributed by atoms with van der Waals surface area (Å²) in [6.45, 7) is 2.13. The summed E-state index contributed by atoms with van der Waals surface area (Å²) in [6, 6.07) is 10.6. The van der Waals surface area contributed by atoms with E-state index in [1.165, 1.54) is 23.8 Å². The third-order valence-electron chi connectivity index (χ3n) is 3.53. The second-order valence-electron chi connectivity index (χ2n) is 4.86. The van der Waals surface area contributed by atoms with Crippen molar-refractivity contribution < 1.29 is 0 Å². The zero-order chi connectivity index (χ0) is 11.8. The molecule has 0 saturated heterocycles. The number of benzene rings is 1. The summed E-state index contributed by atoms with van der Waals surface area (Å²) >= 11 is 0. The van der Waals surface area contributed by atoms with E-state index in [0.29, 0.717) is 5.92 Å². The van der Waals surface area contributed by atoms with E-state index in [1.54, 1.807) is 0 Å². The summed E-state index contributed by atoms with van der Waals surface area (Å²) in [5.41, 5.74) is 6.31. The van der Waals surface area contributed by atoms with E-state index in [0.717, 1.165) is 11.2 Å². The van der Waals surface area contributed by atoms with Crippen LogP contribution in [0.1, 0.15) is 30.1 Å². The van der Waals surface area contributed by atoms with Crippen LogP contribution in [-0.2, 0) is 0 Å². The Labute approximate surface area is 101 Å². The van der Waals surface area contributed by atoms with Gasteiger partial charge in [-0.15, -0.1) is 0 Å². The highest BCUT2D eigenvalue weighted by atomic mass is 15.2. The van der Waals surface area contributed by atoms with Crippen LogP contribution in [0.25, 0.3) is 10.9 Å². The number of fused-ring (bicyclic) bond motifs is 1. The first kappa shape index (κ1) is 10.7. The molecule has 0 radical (unpaired) electrons. The Hall–Kier alpha value is -1.45. The van der Waals surface area contributed by atoms with E-state index in [4.69, 9.17) is 10.8 Å². The lowest BCUT2D eigenvalue weighted by atomic mass is 10.0. The van der Waals surface area contributed by atoms with Crippen LogP contribution in [0.2, 0.25) is 0 Å². The maximum absolute atomic E-state index is 5.65. The number of hydrazine groups is 1. The first-order valence-electron chi connectivity index (χ1n) is 6.12. The summed E-state index contributed by atoms with van der Waals surface area (Å²) in [5, 5.41) is 1.22. The SMILES string of the molecule is Cc1cc(C(NN)C2CC2)nc2ccccc12. The van der Waals surface area contributed by atoms with Crippen molar-refractivity contribution >= 4 is 10.9 Å². The molecule has 0 spiro atoms. The van der Waals surface area contributed by atoms with Crippen molar-refractivity contribution in [1.82, 2.24) is 10.4 Å². The Morgan fingerprint density at radius 1 is 1.35 bits per heavy atom. The minimum absolute atomic E-state index is 0.207. The zero-order valence-corrected chi connectivity index (χ0v) is 9.98. The molecule has 17 heavy (non-hydrogen) atoms. The van der Waals surface area contributed by atoms with E-state index >= 15 is 0 Å². The number of aryl methyl sites for hydroxylation is 1. The minimum Gasteiger partial charge on any atom is -0.271 e. The van der Waals surface area contributed by atoms with Gasteiger partial charge in [-0.05, 0) is 43.4 Å². The van der Waals surface area contributed by atoms with E-state index in [9.17, 15) is 0 Å². The Morgan fingerprint density at radius 3 is 2.82 bits per heavy atom. The molecular weight excluding hydrogens is 210 g/mol. The molecule has 1 atom stereocenters.